The molecule has 0 bridgehead atoms. The highest BCUT2D eigenvalue weighted by molar-refractivity contribution is 6.13. The Bertz CT molecular complexity index is 1300. The maximum absolute atomic E-state index is 12.8. The molecule has 1 heterocycles. The molecule has 28 heavy (non-hydrogen) atoms. The Morgan fingerprint density at radius 1 is 0.750 bits per heavy atom. The summed E-state index contributed by atoms with van der Waals surface area (Å²) < 4.78 is 0. The fourth-order valence-electron chi connectivity index (χ4n) is 3.82. The number of hydrogen-bond acceptors (Lipinski definition) is 2. The Balaban J connectivity index is 1.65. The standard InChI is InChI=1S/C25H17NO2/c27-24-13-18(16-7-3-1-4-8-16)11-19-12-21-23(14-20(19)24)26-22(15-25(21)28)17-9-5-2-6-10-17/h1-10,12-15H,11H2,(H,26,28). The predicted molar refractivity (Wildman–Crippen MR) is 112 cm³/mol. The highest BCUT2D eigenvalue weighted by atomic mass is 16.1. The van der Waals surface area contributed by atoms with Crippen LogP contribution in [0.3, 0.4) is 0 Å². The van der Waals surface area contributed by atoms with Gasteiger partial charge in [0.05, 0.1) is 5.52 Å². The summed E-state index contributed by atoms with van der Waals surface area (Å²) in [5.74, 6) is -0.0204. The van der Waals surface area contributed by atoms with E-state index in [1.54, 1.807) is 12.1 Å². The molecule has 134 valence electrons. The van der Waals surface area contributed by atoms with E-state index in [9.17, 15) is 9.59 Å². The molecule has 5 rings (SSSR count). The van der Waals surface area contributed by atoms with Gasteiger partial charge < -0.3 is 4.98 Å². The number of nitrogens with one attached hydrogen (secondary N) is 1. The smallest absolute Gasteiger partial charge is 0.190 e. The van der Waals surface area contributed by atoms with E-state index in [0.717, 1.165) is 28.0 Å². The Hall–Kier alpha value is -3.72. The largest absolute Gasteiger partial charge is 0.354 e. The third kappa shape index (κ3) is 2.78. The first-order valence-corrected chi connectivity index (χ1v) is 9.25. The van der Waals surface area contributed by atoms with Crippen molar-refractivity contribution in [2.45, 2.75) is 6.42 Å². The molecular formula is C25H17NO2. The molecule has 1 aromatic heterocycles. The number of benzene rings is 3. The zero-order valence-corrected chi connectivity index (χ0v) is 15.1. The average molecular weight is 363 g/mol. The minimum Gasteiger partial charge on any atom is -0.354 e. The third-order valence-corrected chi connectivity index (χ3v) is 5.23. The summed E-state index contributed by atoms with van der Waals surface area (Å²) in [5.41, 5.74) is 5.92. The van der Waals surface area contributed by atoms with Crippen molar-refractivity contribution in [1.82, 2.24) is 4.98 Å². The number of allylic oxidation sites excluding steroid dienone is 2. The van der Waals surface area contributed by atoms with Gasteiger partial charge in [0.25, 0.3) is 0 Å². The molecule has 1 N–H and O–H groups in total. The minimum absolute atomic E-state index is 0.0204. The van der Waals surface area contributed by atoms with E-state index < -0.39 is 0 Å². The van der Waals surface area contributed by atoms with E-state index in [1.807, 2.05) is 72.8 Å². The summed E-state index contributed by atoms with van der Waals surface area (Å²) in [4.78, 5) is 28.9. The number of pyridine rings is 1. The number of rotatable bonds is 2. The molecule has 3 nitrogen and oxygen atoms in total. The highest BCUT2D eigenvalue weighted by Crippen LogP contribution is 2.30. The lowest BCUT2D eigenvalue weighted by Crippen LogP contribution is -2.12. The molecule has 1 aliphatic carbocycles. The van der Waals surface area contributed by atoms with Gasteiger partial charge in [-0.2, -0.15) is 0 Å². The van der Waals surface area contributed by atoms with E-state index in [2.05, 4.69) is 4.98 Å². The molecule has 3 aromatic carbocycles. The molecule has 3 heteroatoms. The summed E-state index contributed by atoms with van der Waals surface area (Å²) in [6, 6.07) is 24.9. The van der Waals surface area contributed by atoms with Gasteiger partial charge in [-0.15, -0.1) is 0 Å². The van der Waals surface area contributed by atoms with Crippen molar-refractivity contribution in [2.24, 2.45) is 0 Å². The van der Waals surface area contributed by atoms with Gasteiger partial charge in [-0.05, 0) is 46.9 Å². The lowest BCUT2D eigenvalue weighted by Gasteiger charge is -2.17. The first-order valence-electron chi connectivity index (χ1n) is 9.25. The van der Waals surface area contributed by atoms with Crippen LogP contribution in [0.2, 0.25) is 0 Å². The van der Waals surface area contributed by atoms with Gasteiger partial charge in [0.15, 0.2) is 11.2 Å². The van der Waals surface area contributed by atoms with Crippen LogP contribution < -0.4 is 5.43 Å². The van der Waals surface area contributed by atoms with Crippen molar-refractivity contribution in [3.63, 3.8) is 0 Å². The SMILES string of the molecule is O=C1C=C(c2ccccc2)Cc2cc3c(=O)cc(-c4ccccc4)[nH]c3cc21. The molecule has 0 saturated carbocycles. The topological polar surface area (TPSA) is 49.9 Å². The summed E-state index contributed by atoms with van der Waals surface area (Å²) >= 11 is 0. The second-order valence-corrected chi connectivity index (χ2v) is 7.04. The average Bonchev–Trinajstić information content (AvgIpc) is 2.74. The number of fused-ring (bicyclic) bond motifs is 2. The number of aromatic amines is 1. The van der Waals surface area contributed by atoms with Gasteiger partial charge in [-0.3, -0.25) is 9.59 Å². The Morgan fingerprint density at radius 3 is 2.14 bits per heavy atom. The Kier molecular flexibility index (Phi) is 3.80. The zero-order chi connectivity index (χ0) is 19.1. The molecule has 0 radical (unpaired) electrons. The van der Waals surface area contributed by atoms with Crippen LogP contribution in [0, 0.1) is 0 Å². The van der Waals surface area contributed by atoms with Gasteiger partial charge in [0.2, 0.25) is 0 Å². The van der Waals surface area contributed by atoms with Crippen molar-refractivity contribution >= 4 is 22.3 Å². The number of hydrogen-bond donors (Lipinski definition) is 1. The van der Waals surface area contributed by atoms with Crippen LogP contribution in [-0.4, -0.2) is 10.8 Å². The van der Waals surface area contributed by atoms with Crippen LogP contribution >= 0.6 is 0 Å². The second kappa shape index (κ2) is 6.46. The lowest BCUT2D eigenvalue weighted by molar-refractivity contribution is 0.104. The predicted octanol–water partition coefficient (Wildman–Crippen LogP) is 5.02. The van der Waals surface area contributed by atoms with Crippen LogP contribution in [0.1, 0.15) is 21.5 Å². The summed E-state index contributed by atoms with van der Waals surface area (Å²) in [5, 5.41) is 0.612. The fourth-order valence-corrected chi connectivity index (χ4v) is 3.82. The number of ketones is 1. The fraction of sp³-hybridized carbons (Fsp3) is 0.0400. The van der Waals surface area contributed by atoms with Crippen molar-refractivity contribution < 1.29 is 4.79 Å². The van der Waals surface area contributed by atoms with E-state index >= 15 is 0 Å². The molecule has 0 fully saturated rings. The molecule has 0 atom stereocenters. The summed E-state index contributed by atoms with van der Waals surface area (Å²) in [6.45, 7) is 0. The normalized spacial score (nSPS) is 13.3. The van der Waals surface area contributed by atoms with Gasteiger partial charge in [0.1, 0.15) is 0 Å². The van der Waals surface area contributed by atoms with Crippen molar-refractivity contribution in [3.05, 3.63) is 112 Å². The lowest BCUT2D eigenvalue weighted by atomic mass is 9.86. The van der Waals surface area contributed by atoms with Crippen LogP contribution in [0.5, 0.6) is 0 Å². The van der Waals surface area contributed by atoms with Gasteiger partial charge >= 0.3 is 0 Å². The third-order valence-electron chi connectivity index (χ3n) is 5.23. The monoisotopic (exact) mass is 363 g/mol. The number of H-pyrrole nitrogens is 1. The van der Waals surface area contributed by atoms with E-state index in [1.165, 1.54) is 0 Å². The van der Waals surface area contributed by atoms with Gasteiger partial charge in [0, 0.05) is 22.7 Å². The molecule has 0 unspecified atom stereocenters. The van der Waals surface area contributed by atoms with Crippen LogP contribution in [0.25, 0.3) is 27.7 Å². The minimum atomic E-state index is -0.0429. The molecule has 0 spiro atoms. The van der Waals surface area contributed by atoms with E-state index in [-0.39, 0.29) is 11.2 Å². The first kappa shape index (κ1) is 16.5. The number of aromatic nitrogens is 1. The molecule has 0 amide bonds. The summed E-state index contributed by atoms with van der Waals surface area (Å²) in [6.07, 6.45) is 2.35. The molecule has 1 aliphatic rings. The quantitative estimate of drug-likeness (QED) is 0.544. The highest BCUT2D eigenvalue weighted by Gasteiger charge is 2.20. The van der Waals surface area contributed by atoms with E-state index in [0.29, 0.717) is 22.9 Å². The maximum Gasteiger partial charge on any atom is 0.190 e. The van der Waals surface area contributed by atoms with Crippen LogP contribution in [0.15, 0.2) is 89.7 Å². The Labute approximate surface area is 162 Å². The van der Waals surface area contributed by atoms with Crippen LogP contribution in [-0.2, 0) is 6.42 Å². The molecule has 0 saturated heterocycles. The number of carbonyl (C=O) groups excluding carboxylic acids is 1. The van der Waals surface area contributed by atoms with Crippen molar-refractivity contribution in [3.8, 4) is 11.3 Å². The summed E-state index contributed by atoms with van der Waals surface area (Å²) in [7, 11) is 0. The second-order valence-electron chi connectivity index (χ2n) is 7.04. The first-order chi connectivity index (χ1) is 13.7. The van der Waals surface area contributed by atoms with Crippen molar-refractivity contribution in [1.29, 1.82) is 0 Å². The molecule has 4 aromatic rings. The molecular weight excluding hydrogens is 346 g/mol. The Morgan fingerprint density at radius 2 is 1.43 bits per heavy atom. The van der Waals surface area contributed by atoms with Crippen molar-refractivity contribution in [2.75, 3.05) is 0 Å². The maximum atomic E-state index is 12.8. The van der Waals surface area contributed by atoms with Crippen LogP contribution in [0.4, 0.5) is 0 Å². The number of carbonyl (C=O) groups is 1. The molecule has 0 aliphatic heterocycles. The van der Waals surface area contributed by atoms with Gasteiger partial charge in [-0.1, -0.05) is 60.7 Å². The zero-order valence-electron chi connectivity index (χ0n) is 15.1. The van der Waals surface area contributed by atoms with E-state index in [4.69, 9.17) is 0 Å². The van der Waals surface area contributed by atoms with Gasteiger partial charge in [-0.25, -0.2) is 0 Å².